The smallest absolute Gasteiger partial charge is 0.119 e. The van der Waals surface area contributed by atoms with Crippen molar-refractivity contribution in [2.24, 2.45) is 0 Å². The van der Waals surface area contributed by atoms with Gasteiger partial charge in [-0.3, -0.25) is 0 Å². The van der Waals surface area contributed by atoms with Crippen LogP contribution < -0.4 is 4.74 Å². The summed E-state index contributed by atoms with van der Waals surface area (Å²) in [6.45, 7) is 2.10. The van der Waals surface area contributed by atoms with E-state index in [1.807, 2.05) is 24.3 Å². The summed E-state index contributed by atoms with van der Waals surface area (Å²) in [5.74, 6) is 1.15. The van der Waals surface area contributed by atoms with Crippen molar-refractivity contribution in [3.8, 4) is 11.5 Å². The molecular weight excluding hydrogens is 272 g/mol. The molecule has 2 heteroatoms. The maximum Gasteiger partial charge on any atom is 0.119 e. The summed E-state index contributed by atoms with van der Waals surface area (Å²) in [5, 5.41) is 11.7. The zero-order valence-corrected chi connectivity index (χ0v) is 12.7. The van der Waals surface area contributed by atoms with Crippen molar-refractivity contribution in [3.63, 3.8) is 0 Å². The second kappa shape index (κ2) is 5.94. The third-order valence-electron chi connectivity index (χ3n) is 3.79. The van der Waals surface area contributed by atoms with Gasteiger partial charge in [-0.1, -0.05) is 42.5 Å². The first-order valence-corrected chi connectivity index (χ1v) is 7.22. The van der Waals surface area contributed by atoms with Crippen molar-refractivity contribution in [3.05, 3.63) is 71.8 Å². The zero-order chi connectivity index (χ0) is 15.5. The number of phenols is 1. The topological polar surface area (TPSA) is 29.5 Å². The first-order valence-electron chi connectivity index (χ1n) is 7.22. The summed E-state index contributed by atoms with van der Waals surface area (Å²) in [7, 11) is 1.68. The molecule has 3 aromatic rings. The average Bonchev–Trinajstić information content (AvgIpc) is 2.55. The fraction of sp³-hybridized carbons (Fsp3) is 0.100. The molecule has 0 fully saturated rings. The van der Waals surface area contributed by atoms with E-state index in [-0.39, 0.29) is 5.75 Å². The minimum Gasteiger partial charge on any atom is -0.508 e. The molecule has 0 radical (unpaired) electrons. The number of allylic oxidation sites excluding steroid dienone is 1. The van der Waals surface area contributed by atoms with Crippen molar-refractivity contribution < 1.29 is 9.84 Å². The Hall–Kier alpha value is -2.74. The van der Waals surface area contributed by atoms with Gasteiger partial charge >= 0.3 is 0 Å². The summed E-state index contributed by atoms with van der Waals surface area (Å²) in [6.07, 6.45) is 2.12. The molecule has 0 spiro atoms. The first-order chi connectivity index (χ1) is 10.7. The van der Waals surface area contributed by atoms with Gasteiger partial charge in [-0.2, -0.15) is 0 Å². The third-order valence-corrected chi connectivity index (χ3v) is 3.79. The molecule has 0 aliphatic heterocycles. The van der Waals surface area contributed by atoms with Gasteiger partial charge in [0.15, 0.2) is 0 Å². The van der Waals surface area contributed by atoms with Gasteiger partial charge in [-0.05, 0) is 58.7 Å². The number of aromatic hydroxyl groups is 1. The SMILES string of the molecule is COc1ccc2c(/C(C)=C\c3ccc(O)cc3)cccc2c1. The molecule has 2 nitrogen and oxygen atoms in total. The van der Waals surface area contributed by atoms with Crippen LogP contribution in [0.15, 0.2) is 60.7 Å². The van der Waals surface area contributed by atoms with Crippen molar-refractivity contribution in [1.29, 1.82) is 0 Å². The molecule has 0 heterocycles. The summed E-state index contributed by atoms with van der Waals surface area (Å²) >= 11 is 0. The van der Waals surface area contributed by atoms with Crippen LogP contribution >= 0.6 is 0 Å². The Bertz CT molecular complexity index is 830. The monoisotopic (exact) mass is 290 g/mol. The molecule has 0 aliphatic carbocycles. The molecule has 0 unspecified atom stereocenters. The van der Waals surface area contributed by atoms with Gasteiger partial charge in [-0.15, -0.1) is 0 Å². The molecule has 0 amide bonds. The van der Waals surface area contributed by atoms with E-state index in [1.165, 1.54) is 16.5 Å². The molecular formula is C20H18O2. The summed E-state index contributed by atoms with van der Waals surface area (Å²) in [6, 6.07) is 19.6. The Morgan fingerprint density at radius 1 is 1.00 bits per heavy atom. The van der Waals surface area contributed by atoms with E-state index in [2.05, 4.69) is 37.3 Å². The van der Waals surface area contributed by atoms with Crippen LogP contribution in [0.4, 0.5) is 0 Å². The van der Waals surface area contributed by atoms with E-state index in [0.717, 1.165) is 16.7 Å². The molecule has 22 heavy (non-hydrogen) atoms. The van der Waals surface area contributed by atoms with Crippen LogP contribution in [0.5, 0.6) is 11.5 Å². The predicted octanol–water partition coefficient (Wildman–Crippen LogP) is 5.11. The van der Waals surface area contributed by atoms with Gasteiger partial charge in [0.25, 0.3) is 0 Å². The normalized spacial score (nSPS) is 11.6. The largest absolute Gasteiger partial charge is 0.508 e. The Kier molecular flexibility index (Phi) is 3.84. The van der Waals surface area contributed by atoms with Crippen molar-refractivity contribution in [1.82, 2.24) is 0 Å². The van der Waals surface area contributed by atoms with Gasteiger partial charge < -0.3 is 9.84 Å². The van der Waals surface area contributed by atoms with Crippen molar-refractivity contribution in [2.45, 2.75) is 6.92 Å². The standard InChI is InChI=1S/C20H18O2/c1-14(12-15-6-8-17(21)9-7-15)19-5-3-4-16-13-18(22-2)10-11-20(16)19/h3-13,21H,1-2H3/b14-12-. The van der Waals surface area contributed by atoms with E-state index in [4.69, 9.17) is 4.74 Å². The van der Waals surface area contributed by atoms with Crippen LogP contribution in [0.2, 0.25) is 0 Å². The Morgan fingerprint density at radius 3 is 2.50 bits per heavy atom. The van der Waals surface area contributed by atoms with E-state index in [9.17, 15) is 5.11 Å². The van der Waals surface area contributed by atoms with Crippen molar-refractivity contribution in [2.75, 3.05) is 7.11 Å². The molecule has 0 aliphatic rings. The lowest BCUT2D eigenvalue weighted by molar-refractivity contribution is 0.415. The molecule has 0 saturated heterocycles. The molecule has 0 saturated carbocycles. The number of hydrogen-bond acceptors (Lipinski definition) is 2. The van der Waals surface area contributed by atoms with Gasteiger partial charge in [0.05, 0.1) is 7.11 Å². The summed E-state index contributed by atoms with van der Waals surface area (Å²) in [5.41, 5.74) is 3.45. The van der Waals surface area contributed by atoms with Crippen molar-refractivity contribution >= 4 is 22.4 Å². The van der Waals surface area contributed by atoms with Crippen LogP contribution in [-0.2, 0) is 0 Å². The third kappa shape index (κ3) is 2.82. The average molecular weight is 290 g/mol. The van der Waals surface area contributed by atoms with Gasteiger partial charge in [0, 0.05) is 0 Å². The van der Waals surface area contributed by atoms with Gasteiger partial charge in [0.1, 0.15) is 11.5 Å². The summed E-state index contributed by atoms with van der Waals surface area (Å²) < 4.78 is 5.29. The van der Waals surface area contributed by atoms with E-state index in [0.29, 0.717) is 0 Å². The van der Waals surface area contributed by atoms with Crippen LogP contribution in [0.25, 0.3) is 22.4 Å². The maximum absolute atomic E-state index is 9.37. The molecule has 3 aromatic carbocycles. The molecule has 0 atom stereocenters. The van der Waals surface area contributed by atoms with Crippen LogP contribution in [0, 0.1) is 0 Å². The number of hydrogen-bond donors (Lipinski definition) is 1. The second-order valence-electron chi connectivity index (χ2n) is 5.31. The Balaban J connectivity index is 2.07. The molecule has 3 rings (SSSR count). The first kappa shape index (κ1) is 14.2. The number of rotatable bonds is 3. The second-order valence-corrected chi connectivity index (χ2v) is 5.31. The molecule has 0 aromatic heterocycles. The number of fused-ring (bicyclic) bond motifs is 1. The quantitative estimate of drug-likeness (QED) is 0.679. The highest BCUT2D eigenvalue weighted by Gasteiger charge is 2.04. The predicted molar refractivity (Wildman–Crippen MR) is 92.2 cm³/mol. The fourth-order valence-corrected chi connectivity index (χ4v) is 2.63. The lowest BCUT2D eigenvalue weighted by Crippen LogP contribution is -1.86. The highest BCUT2D eigenvalue weighted by Crippen LogP contribution is 2.29. The highest BCUT2D eigenvalue weighted by atomic mass is 16.5. The zero-order valence-electron chi connectivity index (χ0n) is 12.7. The highest BCUT2D eigenvalue weighted by molar-refractivity contribution is 5.97. The lowest BCUT2D eigenvalue weighted by Gasteiger charge is -2.09. The lowest BCUT2D eigenvalue weighted by atomic mass is 9.97. The molecule has 1 N–H and O–H groups in total. The maximum atomic E-state index is 9.37. The molecule has 110 valence electrons. The Morgan fingerprint density at radius 2 is 1.77 bits per heavy atom. The van der Waals surface area contributed by atoms with E-state index in [1.54, 1.807) is 19.2 Å². The number of ether oxygens (including phenoxy) is 1. The van der Waals surface area contributed by atoms with Crippen LogP contribution in [0.3, 0.4) is 0 Å². The summed E-state index contributed by atoms with van der Waals surface area (Å²) in [4.78, 5) is 0. The minimum atomic E-state index is 0.284. The van der Waals surface area contributed by atoms with E-state index >= 15 is 0 Å². The van der Waals surface area contributed by atoms with Crippen LogP contribution in [0.1, 0.15) is 18.1 Å². The van der Waals surface area contributed by atoms with E-state index < -0.39 is 0 Å². The number of benzene rings is 3. The van der Waals surface area contributed by atoms with Gasteiger partial charge in [-0.25, -0.2) is 0 Å². The molecule has 0 bridgehead atoms. The Labute approximate surface area is 130 Å². The number of methoxy groups -OCH3 is 1. The van der Waals surface area contributed by atoms with Crippen LogP contribution in [-0.4, -0.2) is 12.2 Å². The van der Waals surface area contributed by atoms with Gasteiger partial charge in [0.2, 0.25) is 0 Å². The fourth-order valence-electron chi connectivity index (χ4n) is 2.63. The number of phenolic OH excluding ortho intramolecular Hbond substituents is 1. The minimum absolute atomic E-state index is 0.284.